The summed E-state index contributed by atoms with van der Waals surface area (Å²) in [7, 11) is 1.73. The van der Waals surface area contributed by atoms with E-state index in [0.29, 0.717) is 6.61 Å². The summed E-state index contributed by atoms with van der Waals surface area (Å²) in [4.78, 5) is 3.80. The second kappa shape index (κ2) is 4.50. The summed E-state index contributed by atoms with van der Waals surface area (Å²) in [6.45, 7) is 0.542. The number of rotatable bonds is 3. The maximum atomic E-state index is 5.30. The minimum atomic E-state index is 0.542. The van der Waals surface area contributed by atoms with E-state index in [1.54, 1.807) is 13.3 Å². The Labute approximate surface area is 66.5 Å². The Kier molecular flexibility index (Phi) is 3.19. The molecule has 58 valence electrons. The van der Waals surface area contributed by atoms with E-state index in [2.05, 4.69) is 4.99 Å². The van der Waals surface area contributed by atoms with Gasteiger partial charge < -0.3 is 4.74 Å². The van der Waals surface area contributed by atoms with Crippen molar-refractivity contribution in [3.8, 4) is 5.75 Å². The lowest BCUT2D eigenvalue weighted by atomic mass is 10.3. The molecule has 11 heavy (non-hydrogen) atoms. The summed E-state index contributed by atoms with van der Waals surface area (Å²) >= 11 is 0. The van der Waals surface area contributed by atoms with E-state index in [4.69, 9.17) is 4.74 Å². The third-order valence-electron chi connectivity index (χ3n) is 1.25. The fourth-order valence-electron chi connectivity index (χ4n) is 0.725. The molecule has 0 radical (unpaired) electrons. The lowest BCUT2D eigenvalue weighted by molar-refractivity contribution is 0.380. The fraction of sp³-hybridized carbons (Fsp3) is 0.222. The number of hydrogen-bond donors (Lipinski definition) is 0. The highest BCUT2D eigenvalue weighted by Crippen LogP contribution is 2.06. The first-order chi connectivity index (χ1) is 5.43. The first kappa shape index (κ1) is 7.79. The van der Waals surface area contributed by atoms with Crippen LogP contribution in [-0.2, 0) is 0 Å². The third kappa shape index (κ3) is 2.85. The van der Waals surface area contributed by atoms with Crippen molar-refractivity contribution in [3.63, 3.8) is 0 Å². The van der Waals surface area contributed by atoms with Gasteiger partial charge in [-0.2, -0.15) is 0 Å². The molecule has 2 heteroatoms. The van der Waals surface area contributed by atoms with Crippen LogP contribution in [0.4, 0.5) is 0 Å². The van der Waals surface area contributed by atoms with Crippen molar-refractivity contribution >= 4 is 6.21 Å². The summed E-state index contributed by atoms with van der Waals surface area (Å²) in [6.07, 6.45) is 1.73. The zero-order valence-corrected chi connectivity index (χ0v) is 6.53. The van der Waals surface area contributed by atoms with Gasteiger partial charge in [0.15, 0.2) is 0 Å². The topological polar surface area (TPSA) is 21.6 Å². The average molecular weight is 149 g/mol. The molecular formula is C9H11NO. The van der Waals surface area contributed by atoms with Crippen molar-refractivity contribution < 1.29 is 4.74 Å². The van der Waals surface area contributed by atoms with Crippen LogP contribution in [-0.4, -0.2) is 19.9 Å². The number of nitrogens with zero attached hydrogens (tertiary/aromatic N) is 1. The van der Waals surface area contributed by atoms with E-state index in [0.717, 1.165) is 5.75 Å². The maximum Gasteiger partial charge on any atom is 0.123 e. The molecule has 0 aliphatic carbocycles. The summed E-state index contributed by atoms with van der Waals surface area (Å²) in [5, 5.41) is 0. The maximum absolute atomic E-state index is 5.30. The van der Waals surface area contributed by atoms with E-state index < -0.39 is 0 Å². The number of hydrogen-bond acceptors (Lipinski definition) is 2. The second-order valence-corrected chi connectivity index (χ2v) is 2.06. The molecule has 0 spiro atoms. The lowest BCUT2D eigenvalue weighted by Crippen LogP contribution is -1.97. The highest BCUT2D eigenvalue weighted by molar-refractivity contribution is 5.58. The monoisotopic (exact) mass is 149 g/mol. The highest BCUT2D eigenvalue weighted by Gasteiger charge is 1.85. The third-order valence-corrected chi connectivity index (χ3v) is 1.25. The van der Waals surface area contributed by atoms with Crippen LogP contribution < -0.4 is 4.74 Å². The predicted molar refractivity (Wildman–Crippen MR) is 46.4 cm³/mol. The molecular weight excluding hydrogens is 138 g/mol. The number of benzene rings is 1. The van der Waals surface area contributed by atoms with Crippen LogP contribution in [0.1, 0.15) is 0 Å². The van der Waals surface area contributed by atoms with Gasteiger partial charge in [0, 0.05) is 13.3 Å². The van der Waals surface area contributed by atoms with E-state index in [9.17, 15) is 0 Å². The van der Waals surface area contributed by atoms with E-state index in [1.807, 2.05) is 30.3 Å². The quantitative estimate of drug-likeness (QED) is 0.600. The van der Waals surface area contributed by atoms with Gasteiger partial charge in [-0.1, -0.05) is 18.2 Å². The van der Waals surface area contributed by atoms with Crippen molar-refractivity contribution in [1.82, 2.24) is 0 Å². The smallest absolute Gasteiger partial charge is 0.123 e. The molecule has 0 heterocycles. The molecule has 0 atom stereocenters. The average Bonchev–Trinajstić information content (AvgIpc) is 2.07. The van der Waals surface area contributed by atoms with Crippen LogP contribution in [0.15, 0.2) is 35.3 Å². The van der Waals surface area contributed by atoms with Gasteiger partial charge in [0.1, 0.15) is 12.4 Å². The Balaban J connectivity index is 2.39. The molecule has 1 aromatic carbocycles. The molecule has 0 aliphatic rings. The van der Waals surface area contributed by atoms with E-state index in [-0.39, 0.29) is 0 Å². The van der Waals surface area contributed by atoms with Crippen LogP contribution in [0.2, 0.25) is 0 Å². The number of ether oxygens (including phenoxy) is 1. The second-order valence-electron chi connectivity index (χ2n) is 2.06. The first-order valence-electron chi connectivity index (χ1n) is 3.52. The van der Waals surface area contributed by atoms with Gasteiger partial charge in [0.25, 0.3) is 0 Å². The summed E-state index contributed by atoms with van der Waals surface area (Å²) < 4.78 is 5.30. The molecule has 1 rings (SSSR count). The van der Waals surface area contributed by atoms with Crippen molar-refractivity contribution in [2.24, 2.45) is 4.99 Å². The van der Waals surface area contributed by atoms with E-state index >= 15 is 0 Å². The van der Waals surface area contributed by atoms with Gasteiger partial charge in [0.05, 0.1) is 0 Å². The van der Waals surface area contributed by atoms with E-state index in [1.165, 1.54) is 0 Å². The normalized spacial score (nSPS) is 10.3. The van der Waals surface area contributed by atoms with Gasteiger partial charge in [0.2, 0.25) is 0 Å². The van der Waals surface area contributed by atoms with Crippen LogP contribution in [0.5, 0.6) is 5.75 Å². The minimum Gasteiger partial charge on any atom is -0.488 e. The Morgan fingerprint density at radius 1 is 1.36 bits per heavy atom. The molecule has 0 bridgehead atoms. The fourth-order valence-corrected chi connectivity index (χ4v) is 0.725. The van der Waals surface area contributed by atoms with Gasteiger partial charge in [-0.25, -0.2) is 0 Å². The summed E-state index contributed by atoms with van der Waals surface area (Å²) in [6, 6.07) is 9.69. The molecule has 0 amide bonds. The minimum absolute atomic E-state index is 0.542. The SMILES string of the molecule is CN=CCOc1ccccc1. The molecule has 0 fully saturated rings. The molecule has 0 saturated carbocycles. The van der Waals surface area contributed by atoms with Crippen LogP contribution >= 0.6 is 0 Å². The molecule has 0 saturated heterocycles. The zero-order chi connectivity index (χ0) is 7.94. The Morgan fingerprint density at radius 3 is 2.73 bits per heavy atom. The first-order valence-corrected chi connectivity index (χ1v) is 3.52. The van der Waals surface area contributed by atoms with Crippen molar-refractivity contribution in [3.05, 3.63) is 30.3 Å². The zero-order valence-electron chi connectivity index (χ0n) is 6.53. The molecule has 0 unspecified atom stereocenters. The van der Waals surface area contributed by atoms with Crippen LogP contribution in [0.3, 0.4) is 0 Å². The summed E-state index contributed by atoms with van der Waals surface area (Å²) in [5.41, 5.74) is 0. The molecule has 1 aromatic rings. The van der Waals surface area contributed by atoms with Gasteiger partial charge in [-0.3, -0.25) is 4.99 Å². The highest BCUT2D eigenvalue weighted by atomic mass is 16.5. The Morgan fingerprint density at radius 2 is 2.09 bits per heavy atom. The molecule has 0 aromatic heterocycles. The molecule has 0 N–H and O–H groups in total. The van der Waals surface area contributed by atoms with Crippen LogP contribution in [0, 0.1) is 0 Å². The number of aliphatic imine (C=N–C) groups is 1. The van der Waals surface area contributed by atoms with Gasteiger partial charge >= 0.3 is 0 Å². The van der Waals surface area contributed by atoms with Crippen molar-refractivity contribution in [1.29, 1.82) is 0 Å². The molecule has 0 aliphatic heterocycles. The van der Waals surface area contributed by atoms with Gasteiger partial charge in [-0.05, 0) is 12.1 Å². The van der Waals surface area contributed by atoms with Gasteiger partial charge in [-0.15, -0.1) is 0 Å². The molecule has 2 nitrogen and oxygen atoms in total. The predicted octanol–water partition coefficient (Wildman–Crippen LogP) is 1.77. The Bertz CT molecular complexity index is 218. The lowest BCUT2D eigenvalue weighted by Gasteiger charge is -1.99. The standard InChI is InChI=1S/C9H11NO/c1-10-7-8-11-9-5-3-2-4-6-9/h2-7H,8H2,1H3. The van der Waals surface area contributed by atoms with Crippen LogP contribution in [0.25, 0.3) is 0 Å². The number of para-hydroxylation sites is 1. The summed E-state index contributed by atoms with van der Waals surface area (Å²) in [5.74, 6) is 0.882. The van der Waals surface area contributed by atoms with Crippen molar-refractivity contribution in [2.75, 3.05) is 13.7 Å². The largest absolute Gasteiger partial charge is 0.488 e. The Hall–Kier alpha value is -1.31. The van der Waals surface area contributed by atoms with Crippen molar-refractivity contribution in [2.45, 2.75) is 0 Å².